The van der Waals surface area contributed by atoms with Crippen LogP contribution in [-0.2, 0) is 16.1 Å². The van der Waals surface area contributed by atoms with E-state index < -0.39 is 6.10 Å². The third-order valence-electron chi connectivity index (χ3n) is 5.68. The fourth-order valence-electron chi connectivity index (χ4n) is 4.03. The molecule has 0 aromatic heterocycles. The summed E-state index contributed by atoms with van der Waals surface area (Å²) >= 11 is 0. The van der Waals surface area contributed by atoms with Crippen molar-refractivity contribution >= 4 is 11.6 Å². The maximum atomic E-state index is 13.0. The van der Waals surface area contributed by atoms with E-state index >= 15 is 0 Å². The van der Waals surface area contributed by atoms with Crippen molar-refractivity contribution in [2.24, 2.45) is 11.1 Å². The lowest BCUT2D eigenvalue weighted by Crippen LogP contribution is -2.46. The minimum Gasteiger partial charge on any atom is -0.497 e. The van der Waals surface area contributed by atoms with Gasteiger partial charge in [0, 0.05) is 31.8 Å². The molecule has 164 valence electrons. The molecular weight excluding hydrogens is 399 g/mol. The number of oxime groups is 1. The fraction of sp³-hybridized carbons (Fsp3) is 0.417. The maximum absolute atomic E-state index is 13.0. The average molecular weight is 426 g/mol. The van der Waals surface area contributed by atoms with Crippen molar-refractivity contribution in [1.82, 2.24) is 4.90 Å². The molecule has 2 heterocycles. The number of carbonyl (C=O) groups excluding carboxylic acids is 1. The van der Waals surface area contributed by atoms with E-state index in [0.29, 0.717) is 31.7 Å². The lowest BCUT2D eigenvalue weighted by atomic mass is 9.97. The van der Waals surface area contributed by atoms with Gasteiger partial charge < -0.3 is 19.2 Å². The van der Waals surface area contributed by atoms with Gasteiger partial charge in [0.05, 0.1) is 19.4 Å². The number of likely N-dealkylation sites (tertiary alicyclic amines) is 1. The van der Waals surface area contributed by atoms with Gasteiger partial charge in [-0.25, -0.2) is 4.39 Å². The predicted molar refractivity (Wildman–Crippen MR) is 115 cm³/mol. The van der Waals surface area contributed by atoms with Crippen molar-refractivity contribution < 1.29 is 23.5 Å². The molecule has 1 amide bonds. The van der Waals surface area contributed by atoms with Gasteiger partial charge >= 0.3 is 0 Å². The van der Waals surface area contributed by atoms with Crippen LogP contribution in [0, 0.1) is 11.7 Å². The molecule has 7 heteroatoms. The van der Waals surface area contributed by atoms with E-state index in [4.69, 9.17) is 14.3 Å². The van der Waals surface area contributed by atoms with Crippen molar-refractivity contribution in [3.63, 3.8) is 0 Å². The molecule has 0 spiro atoms. The Bertz CT molecular complexity index is 931. The number of methoxy groups -OCH3 is 1. The summed E-state index contributed by atoms with van der Waals surface area (Å²) in [6.45, 7) is 1.85. The third-order valence-corrected chi connectivity index (χ3v) is 5.68. The molecule has 4 rings (SSSR count). The zero-order valence-electron chi connectivity index (χ0n) is 17.6. The molecule has 0 N–H and O–H groups in total. The van der Waals surface area contributed by atoms with Crippen LogP contribution in [0.5, 0.6) is 11.5 Å². The predicted octanol–water partition coefficient (Wildman–Crippen LogP) is 3.84. The van der Waals surface area contributed by atoms with Crippen LogP contribution < -0.4 is 9.47 Å². The van der Waals surface area contributed by atoms with Gasteiger partial charge in [0.2, 0.25) is 6.10 Å². The van der Waals surface area contributed by atoms with Crippen LogP contribution in [0.4, 0.5) is 4.39 Å². The topological polar surface area (TPSA) is 60.4 Å². The van der Waals surface area contributed by atoms with E-state index in [2.05, 4.69) is 5.16 Å². The molecule has 0 bridgehead atoms. The highest BCUT2D eigenvalue weighted by Crippen LogP contribution is 2.23. The van der Waals surface area contributed by atoms with Crippen LogP contribution in [0.25, 0.3) is 0 Å². The van der Waals surface area contributed by atoms with Gasteiger partial charge in [-0.2, -0.15) is 0 Å². The summed E-state index contributed by atoms with van der Waals surface area (Å²) in [5.74, 6) is 1.37. The van der Waals surface area contributed by atoms with E-state index in [1.807, 2.05) is 29.2 Å². The van der Waals surface area contributed by atoms with Gasteiger partial charge in [0.1, 0.15) is 17.3 Å². The second-order valence-electron chi connectivity index (χ2n) is 8.04. The van der Waals surface area contributed by atoms with Gasteiger partial charge in [0.15, 0.2) is 0 Å². The largest absolute Gasteiger partial charge is 0.497 e. The van der Waals surface area contributed by atoms with Gasteiger partial charge in [0.25, 0.3) is 5.91 Å². The van der Waals surface area contributed by atoms with Crippen LogP contribution in [-0.4, -0.2) is 49.4 Å². The van der Waals surface area contributed by atoms with Gasteiger partial charge in [-0.15, -0.1) is 0 Å². The van der Waals surface area contributed by atoms with Crippen molar-refractivity contribution in [2.75, 3.05) is 26.8 Å². The van der Waals surface area contributed by atoms with E-state index in [9.17, 15) is 9.18 Å². The number of halogens is 1. The molecule has 31 heavy (non-hydrogen) atoms. The first kappa shape index (κ1) is 21.2. The van der Waals surface area contributed by atoms with Crippen molar-refractivity contribution in [3.05, 3.63) is 59.9 Å². The molecule has 2 aromatic carbocycles. The molecule has 0 aliphatic carbocycles. The summed E-state index contributed by atoms with van der Waals surface area (Å²) in [6.07, 6.45) is 2.50. The summed E-state index contributed by atoms with van der Waals surface area (Å²) in [6, 6.07) is 13.8. The molecule has 2 atom stereocenters. The maximum Gasteiger partial charge on any atom is 0.266 e. The molecule has 0 saturated carbocycles. The number of hydrogen-bond acceptors (Lipinski definition) is 5. The van der Waals surface area contributed by atoms with Crippen molar-refractivity contribution in [2.45, 2.75) is 31.8 Å². The first-order valence-electron chi connectivity index (χ1n) is 10.6. The van der Waals surface area contributed by atoms with Crippen LogP contribution in [0.2, 0.25) is 0 Å². The number of nitrogens with zero attached hydrogens (tertiary/aromatic N) is 2. The number of hydrogen-bond donors (Lipinski definition) is 0. The number of carbonyl (C=O) groups is 1. The Balaban J connectivity index is 1.26. The van der Waals surface area contributed by atoms with Crippen LogP contribution in [0.3, 0.4) is 0 Å². The monoisotopic (exact) mass is 426 g/mol. The molecule has 1 fully saturated rings. The quantitative estimate of drug-likeness (QED) is 0.675. The molecule has 6 nitrogen and oxygen atoms in total. The van der Waals surface area contributed by atoms with Crippen molar-refractivity contribution in [1.29, 1.82) is 0 Å². The van der Waals surface area contributed by atoms with Crippen LogP contribution in [0.15, 0.2) is 53.7 Å². The molecule has 2 aromatic rings. The van der Waals surface area contributed by atoms with E-state index in [1.54, 1.807) is 19.2 Å². The first-order valence-corrected chi connectivity index (χ1v) is 10.6. The highest BCUT2D eigenvalue weighted by atomic mass is 19.1. The lowest BCUT2D eigenvalue weighted by Gasteiger charge is -2.33. The Kier molecular flexibility index (Phi) is 6.70. The minimum absolute atomic E-state index is 0.0177. The smallest absolute Gasteiger partial charge is 0.266 e. The summed E-state index contributed by atoms with van der Waals surface area (Å²) in [5.41, 5.74) is 1.94. The Morgan fingerprint density at radius 2 is 2.06 bits per heavy atom. The minimum atomic E-state index is -0.558. The lowest BCUT2D eigenvalue weighted by molar-refractivity contribution is -0.144. The highest BCUT2D eigenvalue weighted by Gasteiger charge is 2.34. The molecule has 2 aliphatic heterocycles. The summed E-state index contributed by atoms with van der Waals surface area (Å²) in [5, 5.41) is 4.16. The van der Waals surface area contributed by atoms with Gasteiger partial charge in [-0.3, -0.25) is 4.79 Å². The zero-order chi connectivity index (χ0) is 21.6. The SMILES string of the molecule is COc1cccc(CC2=NO[C@H](C(=O)N3CCC[C@H](COc4ccc(F)cc4)C3)C2)c1. The summed E-state index contributed by atoms with van der Waals surface area (Å²) in [4.78, 5) is 20.3. The number of piperidine rings is 1. The standard InChI is InChI=1S/C24H27FN2O4/c1-29-22-6-2-4-17(13-22)12-20-14-23(31-26-20)24(28)27-11-3-5-18(15-27)16-30-21-9-7-19(25)8-10-21/h2,4,6-10,13,18,23H,3,5,11-12,14-16H2,1H3/t18-,23-/m0/s1. The number of benzene rings is 2. The van der Waals surface area contributed by atoms with E-state index in [1.165, 1.54) is 12.1 Å². The summed E-state index contributed by atoms with van der Waals surface area (Å²) in [7, 11) is 1.64. The number of rotatable bonds is 7. The Labute approximate surface area is 181 Å². The van der Waals surface area contributed by atoms with Gasteiger partial charge in [-0.05, 0) is 54.8 Å². The second kappa shape index (κ2) is 9.81. The van der Waals surface area contributed by atoms with E-state index in [-0.39, 0.29) is 17.6 Å². The normalized spacial score (nSPS) is 20.7. The van der Waals surface area contributed by atoms with Crippen LogP contribution >= 0.6 is 0 Å². The van der Waals surface area contributed by atoms with Crippen molar-refractivity contribution in [3.8, 4) is 11.5 Å². The Morgan fingerprint density at radius 3 is 2.87 bits per heavy atom. The molecule has 0 radical (unpaired) electrons. The number of ether oxygens (including phenoxy) is 2. The first-order chi connectivity index (χ1) is 15.1. The molecule has 2 aliphatic rings. The van der Waals surface area contributed by atoms with Crippen LogP contribution in [0.1, 0.15) is 24.8 Å². The van der Waals surface area contributed by atoms with Gasteiger partial charge in [-0.1, -0.05) is 17.3 Å². The second-order valence-corrected chi connectivity index (χ2v) is 8.04. The third kappa shape index (κ3) is 5.54. The average Bonchev–Trinajstić information content (AvgIpc) is 3.27. The number of amides is 1. The highest BCUT2D eigenvalue weighted by molar-refractivity contribution is 5.94. The molecule has 0 unspecified atom stereocenters. The van der Waals surface area contributed by atoms with E-state index in [0.717, 1.165) is 36.4 Å². The fourth-order valence-corrected chi connectivity index (χ4v) is 4.03. The zero-order valence-corrected chi connectivity index (χ0v) is 17.6. The molecule has 1 saturated heterocycles. The molecular formula is C24H27FN2O4. The Hall–Kier alpha value is -3.09. The Morgan fingerprint density at radius 1 is 1.23 bits per heavy atom. The summed E-state index contributed by atoms with van der Waals surface area (Å²) < 4.78 is 24.1.